The first-order valence-electron chi connectivity index (χ1n) is 8.09. The highest BCUT2D eigenvalue weighted by atomic mass is 32.2. The van der Waals surface area contributed by atoms with Crippen LogP contribution in [0.2, 0.25) is 0 Å². The van der Waals surface area contributed by atoms with Gasteiger partial charge in [0.25, 0.3) is 0 Å². The van der Waals surface area contributed by atoms with Crippen LogP contribution in [0.4, 0.5) is 0 Å². The van der Waals surface area contributed by atoms with Gasteiger partial charge in [-0.3, -0.25) is 0 Å². The number of aliphatic hydroxyl groups excluding tert-OH is 1. The van der Waals surface area contributed by atoms with E-state index in [-0.39, 0.29) is 18.2 Å². The summed E-state index contributed by atoms with van der Waals surface area (Å²) in [5, 5.41) is 12.4. The fourth-order valence-corrected chi connectivity index (χ4v) is 4.44. The van der Waals surface area contributed by atoms with Crippen LogP contribution in [0.25, 0.3) is 10.8 Å². The molecule has 1 aliphatic carbocycles. The lowest BCUT2D eigenvalue weighted by atomic mass is 10.0. The molecule has 0 aromatic heterocycles. The molecule has 5 heteroatoms. The number of nitrogens with one attached hydrogen (secondary N) is 1. The van der Waals surface area contributed by atoms with Crippen molar-refractivity contribution in [2.45, 2.75) is 25.9 Å². The number of benzene rings is 2. The highest BCUT2D eigenvalue weighted by Gasteiger charge is 2.31. The van der Waals surface area contributed by atoms with E-state index in [1.807, 2.05) is 49.4 Å². The maximum Gasteiger partial charge on any atom is 0.211 e. The van der Waals surface area contributed by atoms with Crippen LogP contribution in [0, 0.1) is 11.8 Å². The highest BCUT2D eigenvalue weighted by Crippen LogP contribution is 2.37. The second-order valence-corrected chi connectivity index (χ2v) is 8.42. The molecule has 2 unspecified atom stereocenters. The molecule has 23 heavy (non-hydrogen) atoms. The van der Waals surface area contributed by atoms with Gasteiger partial charge in [0.05, 0.1) is 11.9 Å². The normalized spacial score (nSPS) is 18.0. The van der Waals surface area contributed by atoms with Crippen LogP contribution in [0.3, 0.4) is 0 Å². The molecule has 1 fully saturated rings. The topological polar surface area (TPSA) is 66.4 Å². The van der Waals surface area contributed by atoms with Crippen LogP contribution in [0.1, 0.15) is 31.4 Å². The van der Waals surface area contributed by atoms with Crippen molar-refractivity contribution >= 4 is 20.8 Å². The summed E-state index contributed by atoms with van der Waals surface area (Å²) in [4.78, 5) is 0. The fraction of sp³-hybridized carbons (Fsp3) is 0.444. The molecule has 0 amide bonds. The third-order valence-corrected chi connectivity index (χ3v) is 6.14. The molecule has 0 saturated heterocycles. The summed E-state index contributed by atoms with van der Waals surface area (Å²) in [6, 6.07) is 13.6. The van der Waals surface area contributed by atoms with E-state index < -0.39 is 16.1 Å². The first kappa shape index (κ1) is 16.4. The van der Waals surface area contributed by atoms with E-state index in [2.05, 4.69) is 4.72 Å². The zero-order chi connectivity index (χ0) is 16.4. The SMILES string of the molecule is CC(CS(=O)(=O)NCC(O)c1ccc2ccccc2c1)C1CC1. The lowest BCUT2D eigenvalue weighted by Gasteiger charge is -2.15. The Balaban J connectivity index is 1.62. The van der Waals surface area contributed by atoms with Crippen molar-refractivity contribution in [3.8, 4) is 0 Å². The summed E-state index contributed by atoms with van der Waals surface area (Å²) >= 11 is 0. The molecule has 2 N–H and O–H groups in total. The molecule has 4 nitrogen and oxygen atoms in total. The van der Waals surface area contributed by atoms with E-state index in [0.717, 1.165) is 29.2 Å². The van der Waals surface area contributed by atoms with Crippen molar-refractivity contribution in [3.63, 3.8) is 0 Å². The van der Waals surface area contributed by atoms with Gasteiger partial charge in [-0.25, -0.2) is 13.1 Å². The predicted octanol–water partition coefficient (Wildman–Crippen LogP) is 2.84. The van der Waals surface area contributed by atoms with Crippen molar-refractivity contribution in [1.29, 1.82) is 0 Å². The number of aliphatic hydroxyl groups is 1. The molecular weight excluding hydrogens is 310 g/mol. The summed E-state index contributed by atoms with van der Waals surface area (Å²) in [6.07, 6.45) is 1.43. The minimum absolute atomic E-state index is 0.0120. The van der Waals surface area contributed by atoms with E-state index in [9.17, 15) is 13.5 Å². The molecule has 124 valence electrons. The largest absolute Gasteiger partial charge is 0.387 e. The minimum atomic E-state index is -3.34. The van der Waals surface area contributed by atoms with E-state index in [4.69, 9.17) is 0 Å². The van der Waals surface area contributed by atoms with Crippen LogP contribution >= 0.6 is 0 Å². The van der Waals surface area contributed by atoms with Crippen LogP contribution in [0.5, 0.6) is 0 Å². The third kappa shape index (κ3) is 4.31. The van der Waals surface area contributed by atoms with Crippen molar-refractivity contribution in [3.05, 3.63) is 48.0 Å². The van der Waals surface area contributed by atoms with Gasteiger partial charge in [0, 0.05) is 6.54 Å². The van der Waals surface area contributed by atoms with E-state index in [1.54, 1.807) is 0 Å². The number of fused-ring (bicyclic) bond motifs is 1. The molecule has 2 aromatic carbocycles. The fourth-order valence-electron chi connectivity index (χ4n) is 2.95. The number of sulfonamides is 1. The molecule has 0 aliphatic heterocycles. The second-order valence-electron chi connectivity index (χ2n) is 6.57. The lowest BCUT2D eigenvalue weighted by Crippen LogP contribution is -2.33. The van der Waals surface area contributed by atoms with Gasteiger partial charge in [-0.1, -0.05) is 43.3 Å². The van der Waals surface area contributed by atoms with Gasteiger partial charge in [-0.15, -0.1) is 0 Å². The Labute approximate surface area is 137 Å². The Morgan fingerprint density at radius 2 is 1.87 bits per heavy atom. The molecule has 0 heterocycles. The summed E-state index contributed by atoms with van der Waals surface area (Å²) < 4.78 is 26.7. The first-order valence-corrected chi connectivity index (χ1v) is 9.74. The Morgan fingerprint density at radius 3 is 2.57 bits per heavy atom. The van der Waals surface area contributed by atoms with E-state index in [0.29, 0.717) is 5.92 Å². The Hall–Kier alpha value is -1.43. The third-order valence-electron chi connectivity index (χ3n) is 4.56. The van der Waals surface area contributed by atoms with Gasteiger partial charge in [-0.2, -0.15) is 0 Å². The summed E-state index contributed by atoms with van der Waals surface area (Å²) in [6.45, 7) is 1.99. The zero-order valence-electron chi connectivity index (χ0n) is 13.3. The Morgan fingerprint density at radius 1 is 1.17 bits per heavy atom. The van der Waals surface area contributed by atoms with Gasteiger partial charge in [-0.05, 0) is 47.1 Å². The molecule has 1 aliphatic rings. The van der Waals surface area contributed by atoms with Crippen LogP contribution in [-0.4, -0.2) is 25.8 Å². The van der Waals surface area contributed by atoms with Crippen molar-refractivity contribution in [1.82, 2.24) is 4.72 Å². The van der Waals surface area contributed by atoms with Crippen LogP contribution < -0.4 is 4.72 Å². The standard InChI is InChI=1S/C18H23NO3S/c1-13(14-6-7-14)12-23(21,22)19-11-18(20)17-9-8-15-4-2-3-5-16(15)10-17/h2-5,8-10,13-14,18-20H,6-7,11-12H2,1H3. The van der Waals surface area contributed by atoms with Crippen molar-refractivity contribution < 1.29 is 13.5 Å². The average molecular weight is 333 g/mol. The summed E-state index contributed by atoms with van der Waals surface area (Å²) in [7, 11) is -3.34. The second kappa shape index (κ2) is 6.59. The van der Waals surface area contributed by atoms with Gasteiger partial charge >= 0.3 is 0 Å². The van der Waals surface area contributed by atoms with Crippen molar-refractivity contribution in [2.75, 3.05) is 12.3 Å². The predicted molar refractivity (Wildman–Crippen MR) is 92.6 cm³/mol. The highest BCUT2D eigenvalue weighted by molar-refractivity contribution is 7.89. The van der Waals surface area contributed by atoms with E-state index >= 15 is 0 Å². The molecule has 1 saturated carbocycles. The number of hydrogen-bond acceptors (Lipinski definition) is 3. The smallest absolute Gasteiger partial charge is 0.211 e. The average Bonchev–Trinajstić information content (AvgIpc) is 3.37. The van der Waals surface area contributed by atoms with E-state index in [1.165, 1.54) is 0 Å². The summed E-state index contributed by atoms with van der Waals surface area (Å²) in [5.74, 6) is 0.879. The van der Waals surface area contributed by atoms with Crippen LogP contribution in [0.15, 0.2) is 42.5 Å². The molecule has 0 radical (unpaired) electrons. The summed E-state index contributed by atoms with van der Waals surface area (Å²) in [5.41, 5.74) is 0.724. The maximum atomic E-state index is 12.1. The van der Waals surface area contributed by atoms with Gasteiger partial charge in [0.1, 0.15) is 0 Å². The minimum Gasteiger partial charge on any atom is -0.387 e. The molecule has 0 spiro atoms. The Bertz CT molecular complexity index is 784. The first-order chi connectivity index (χ1) is 10.9. The van der Waals surface area contributed by atoms with Crippen LogP contribution in [-0.2, 0) is 10.0 Å². The zero-order valence-corrected chi connectivity index (χ0v) is 14.1. The van der Waals surface area contributed by atoms with Gasteiger partial charge in [0.15, 0.2) is 0 Å². The molecule has 2 atom stereocenters. The maximum absolute atomic E-state index is 12.1. The molecule has 3 rings (SSSR count). The molecular formula is C18H23NO3S. The van der Waals surface area contributed by atoms with Crippen molar-refractivity contribution in [2.24, 2.45) is 11.8 Å². The van der Waals surface area contributed by atoms with Gasteiger partial charge < -0.3 is 5.11 Å². The molecule has 2 aromatic rings. The monoisotopic (exact) mass is 333 g/mol. The molecule has 0 bridgehead atoms. The Kier molecular flexibility index (Phi) is 4.71. The van der Waals surface area contributed by atoms with Gasteiger partial charge in [0.2, 0.25) is 10.0 Å². The number of rotatable bonds is 7. The quantitative estimate of drug-likeness (QED) is 0.819. The lowest BCUT2D eigenvalue weighted by molar-refractivity contribution is 0.182. The number of hydrogen-bond donors (Lipinski definition) is 2.